The number of thiophene rings is 1. The Morgan fingerprint density at radius 3 is 2.60 bits per heavy atom. The smallest absolute Gasteiger partial charge is 0.196 e. The lowest BCUT2D eigenvalue weighted by atomic mass is 9.82. The Hall–Kier alpha value is -1.64. The summed E-state index contributed by atoms with van der Waals surface area (Å²) in [5, 5.41) is 14.0. The largest absolute Gasteiger partial charge is 0.508 e. The number of hydrazine groups is 1. The minimum absolute atomic E-state index is 0.323. The topological polar surface area (TPSA) is 57.2 Å². The summed E-state index contributed by atoms with van der Waals surface area (Å²) in [7, 11) is 0. The van der Waals surface area contributed by atoms with Crippen LogP contribution in [0.25, 0.3) is 0 Å². The van der Waals surface area contributed by atoms with Gasteiger partial charge in [-0.1, -0.05) is 0 Å². The maximum Gasteiger partial charge on any atom is 0.196 e. The van der Waals surface area contributed by atoms with E-state index in [-0.39, 0.29) is 0 Å². The first-order valence-corrected chi connectivity index (χ1v) is 12.0. The maximum absolute atomic E-state index is 9.46. The summed E-state index contributed by atoms with van der Waals surface area (Å²) in [6, 6.07) is 9.70. The number of aromatic hydroxyl groups is 1. The number of anilines is 1. The number of ether oxygens (including phenoxy) is 2. The highest BCUT2D eigenvalue weighted by Crippen LogP contribution is 2.47. The van der Waals surface area contributed by atoms with Gasteiger partial charge < -0.3 is 19.5 Å². The standard InChI is InChI=1S/C23H31N3O3S/c27-20-5-3-19(4-6-20)25-9-11-26(12-10-25)24-8-1-2-18-16-22-21(7-15-30-22)23(17-18)28-13-14-29-23/h3-7,15,18,24,27H,1-2,8-14,16-17H2. The highest BCUT2D eigenvalue weighted by atomic mass is 32.1. The fourth-order valence-electron chi connectivity index (χ4n) is 5.01. The summed E-state index contributed by atoms with van der Waals surface area (Å²) in [4.78, 5) is 3.82. The van der Waals surface area contributed by atoms with Gasteiger partial charge in [0, 0.05) is 55.3 Å². The molecule has 0 amide bonds. The van der Waals surface area contributed by atoms with E-state index in [9.17, 15) is 5.11 Å². The van der Waals surface area contributed by atoms with E-state index in [4.69, 9.17) is 9.47 Å². The molecular weight excluding hydrogens is 398 g/mol. The normalized spacial score (nSPS) is 23.7. The number of piperazine rings is 1. The molecule has 1 spiro atoms. The van der Waals surface area contributed by atoms with E-state index in [2.05, 4.69) is 26.8 Å². The van der Waals surface area contributed by atoms with Crippen LogP contribution >= 0.6 is 11.3 Å². The molecule has 2 aromatic rings. The van der Waals surface area contributed by atoms with Gasteiger partial charge in [0.15, 0.2) is 5.79 Å². The molecule has 1 atom stereocenters. The van der Waals surface area contributed by atoms with Crippen LogP contribution < -0.4 is 10.3 Å². The maximum atomic E-state index is 9.46. The number of rotatable bonds is 6. The average Bonchev–Trinajstić information content (AvgIpc) is 3.43. The van der Waals surface area contributed by atoms with E-state index < -0.39 is 5.79 Å². The predicted octanol–water partition coefficient (Wildman–Crippen LogP) is 3.32. The summed E-state index contributed by atoms with van der Waals surface area (Å²) in [5.74, 6) is 0.489. The van der Waals surface area contributed by atoms with Crippen molar-refractivity contribution in [1.29, 1.82) is 0 Å². The Labute approximate surface area is 182 Å². The lowest BCUT2D eigenvalue weighted by Gasteiger charge is -2.37. The van der Waals surface area contributed by atoms with Crippen molar-refractivity contribution in [3.63, 3.8) is 0 Å². The summed E-state index contributed by atoms with van der Waals surface area (Å²) in [5.41, 5.74) is 6.09. The Bertz CT molecular complexity index is 826. The van der Waals surface area contributed by atoms with Crippen LogP contribution in [0.15, 0.2) is 35.7 Å². The molecular formula is C23H31N3O3S. The van der Waals surface area contributed by atoms with Gasteiger partial charge in [-0.25, -0.2) is 5.01 Å². The van der Waals surface area contributed by atoms with Crippen LogP contribution in [-0.4, -0.2) is 56.1 Å². The quantitative estimate of drug-likeness (QED) is 0.687. The van der Waals surface area contributed by atoms with Crippen LogP contribution in [-0.2, 0) is 21.7 Å². The van der Waals surface area contributed by atoms with Gasteiger partial charge in [-0.15, -0.1) is 11.3 Å². The number of hydrogen-bond acceptors (Lipinski definition) is 7. The molecule has 5 rings (SSSR count). The van der Waals surface area contributed by atoms with Crippen molar-refractivity contribution >= 4 is 17.0 Å². The van der Waals surface area contributed by atoms with Gasteiger partial charge in [-0.05, 0) is 60.9 Å². The minimum Gasteiger partial charge on any atom is -0.508 e. The van der Waals surface area contributed by atoms with E-state index in [1.54, 1.807) is 12.1 Å². The van der Waals surface area contributed by atoms with E-state index in [1.165, 1.54) is 29.0 Å². The second kappa shape index (κ2) is 8.85. The first kappa shape index (κ1) is 20.3. The number of fused-ring (bicyclic) bond motifs is 2. The third-order valence-electron chi connectivity index (χ3n) is 6.56. The summed E-state index contributed by atoms with van der Waals surface area (Å²) in [6.45, 7) is 6.44. The van der Waals surface area contributed by atoms with E-state index in [0.29, 0.717) is 24.9 Å². The van der Waals surface area contributed by atoms with Crippen molar-refractivity contribution in [2.45, 2.75) is 31.5 Å². The molecule has 2 aliphatic heterocycles. The first-order chi connectivity index (χ1) is 14.7. The summed E-state index contributed by atoms with van der Waals surface area (Å²) >= 11 is 1.85. The van der Waals surface area contributed by atoms with Crippen LogP contribution in [0.1, 0.15) is 29.7 Å². The highest BCUT2D eigenvalue weighted by molar-refractivity contribution is 7.10. The first-order valence-electron chi connectivity index (χ1n) is 11.1. The van der Waals surface area contributed by atoms with Crippen molar-refractivity contribution in [3.8, 4) is 5.75 Å². The Morgan fingerprint density at radius 1 is 1.07 bits per heavy atom. The molecule has 1 aliphatic carbocycles. The molecule has 7 heteroatoms. The zero-order valence-electron chi connectivity index (χ0n) is 17.4. The number of nitrogens with zero attached hydrogens (tertiary/aromatic N) is 2. The summed E-state index contributed by atoms with van der Waals surface area (Å²) < 4.78 is 12.2. The molecule has 0 bridgehead atoms. The van der Waals surface area contributed by atoms with Crippen LogP contribution in [0, 0.1) is 5.92 Å². The van der Waals surface area contributed by atoms with Gasteiger partial charge >= 0.3 is 0 Å². The summed E-state index contributed by atoms with van der Waals surface area (Å²) in [6.07, 6.45) is 4.51. The van der Waals surface area contributed by atoms with Crippen LogP contribution in [0.2, 0.25) is 0 Å². The van der Waals surface area contributed by atoms with Gasteiger partial charge in [0.25, 0.3) is 0 Å². The zero-order chi connectivity index (χ0) is 20.4. The van der Waals surface area contributed by atoms with Crippen LogP contribution in [0.5, 0.6) is 5.75 Å². The van der Waals surface area contributed by atoms with Gasteiger partial charge in [0.2, 0.25) is 0 Å². The third kappa shape index (κ3) is 4.22. The van der Waals surface area contributed by atoms with E-state index in [1.807, 2.05) is 23.5 Å². The molecule has 2 saturated heterocycles. The molecule has 0 radical (unpaired) electrons. The van der Waals surface area contributed by atoms with Crippen molar-refractivity contribution in [2.75, 3.05) is 50.8 Å². The lowest BCUT2D eigenvalue weighted by Crippen LogP contribution is -2.52. The number of hydrogen-bond donors (Lipinski definition) is 2. The molecule has 1 aromatic carbocycles. The number of phenolic OH excluding ortho intramolecular Hbond substituents is 1. The number of benzene rings is 1. The molecule has 1 aromatic heterocycles. The van der Waals surface area contributed by atoms with E-state index in [0.717, 1.165) is 45.6 Å². The van der Waals surface area contributed by atoms with Gasteiger partial charge in [0.1, 0.15) is 5.75 Å². The van der Waals surface area contributed by atoms with Gasteiger partial charge in [-0.3, -0.25) is 5.43 Å². The molecule has 162 valence electrons. The molecule has 3 aliphatic rings. The zero-order valence-corrected chi connectivity index (χ0v) is 18.2. The molecule has 30 heavy (non-hydrogen) atoms. The molecule has 6 nitrogen and oxygen atoms in total. The fourth-order valence-corrected chi connectivity index (χ4v) is 6.06. The SMILES string of the molecule is Oc1ccc(N2CCN(NCCCC3Cc4sccc4C4(C3)OCCO4)CC2)cc1. The lowest BCUT2D eigenvalue weighted by molar-refractivity contribution is -0.184. The number of nitrogens with one attached hydrogen (secondary N) is 1. The van der Waals surface area contributed by atoms with Crippen molar-refractivity contribution in [2.24, 2.45) is 5.92 Å². The second-order valence-corrected chi connectivity index (χ2v) is 9.52. The second-order valence-electron chi connectivity index (χ2n) is 8.52. The minimum atomic E-state index is -0.462. The fraction of sp³-hybridized carbons (Fsp3) is 0.565. The van der Waals surface area contributed by atoms with Crippen molar-refractivity contribution in [1.82, 2.24) is 10.4 Å². The van der Waals surface area contributed by atoms with Crippen LogP contribution in [0.3, 0.4) is 0 Å². The molecule has 3 heterocycles. The molecule has 2 fully saturated rings. The molecule has 2 N–H and O–H groups in total. The average molecular weight is 430 g/mol. The highest BCUT2D eigenvalue weighted by Gasteiger charge is 2.45. The Balaban J connectivity index is 1.05. The monoisotopic (exact) mass is 429 g/mol. The predicted molar refractivity (Wildman–Crippen MR) is 119 cm³/mol. The third-order valence-corrected chi connectivity index (χ3v) is 7.50. The van der Waals surface area contributed by atoms with Crippen molar-refractivity contribution < 1.29 is 14.6 Å². The van der Waals surface area contributed by atoms with E-state index >= 15 is 0 Å². The van der Waals surface area contributed by atoms with Crippen molar-refractivity contribution in [3.05, 3.63) is 46.2 Å². The number of phenols is 1. The molecule has 1 unspecified atom stereocenters. The Morgan fingerprint density at radius 2 is 1.83 bits per heavy atom. The Kier molecular flexibility index (Phi) is 5.98. The van der Waals surface area contributed by atoms with Crippen LogP contribution in [0.4, 0.5) is 5.69 Å². The molecule has 0 saturated carbocycles. The van der Waals surface area contributed by atoms with Gasteiger partial charge in [-0.2, -0.15) is 0 Å². The van der Waals surface area contributed by atoms with Gasteiger partial charge in [0.05, 0.1) is 13.2 Å².